The van der Waals surface area contributed by atoms with Gasteiger partial charge < -0.3 is 5.32 Å². The number of hydrogen-bond acceptors (Lipinski definition) is 2. The van der Waals surface area contributed by atoms with Gasteiger partial charge in [0.2, 0.25) is 5.91 Å². The summed E-state index contributed by atoms with van der Waals surface area (Å²) in [7, 11) is 0. The van der Waals surface area contributed by atoms with E-state index in [0.717, 1.165) is 29.8 Å². The third-order valence-corrected chi connectivity index (χ3v) is 3.54. The van der Waals surface area contributed by atoms with Crippen molar-refractivity contribution < 1.29 is 4.79 Å². The molecule has 2 N–H and O–H groups in total. The molecule has 1 aromatic carbocycles. The van der Waals surface area contributed by atoms with Gasteiger partial charge >= 0.3 is 0 Å². The molecule has 4 heteroatoms. The van der Waals surface area contributed by atoms with E-state index in [1.807, 2.05) is 30.3 Å². The molecule has 1 heterocycles. The minimum absolute atomic E-state index is 0.0418. The van der Waals surface area contributed by atoms with Crippen LogP contribution in [0.2, 0.25) is 0 Å². The van der Waals surface area contributed by atoms with Crippen LogP contribution in [0, 0.1) is 5.92 Å². The van der Waals surface area contributed by atoms with Crippen LogP contribution in [-0.4, -0.2) is 16.1 Å². The summed E-state index contributed by atoms with van der Waals surface area (Å²) >= 11 is 0. The number of benzene rings is 1. The molecular weight excluding hydrogens is 250 g/mol. The molecule has 0 unspecified atom stereocenters. The van der Waals surface area contributed by atoms with E-state index < -0.39 is 0 Å². The Kier molecular flexibility index (Phi) is 3.63. The Bertz CT molecular complexity index is 616. The van der Waals surface area contributed by atoms with E-state index in [1.165, 1.54) is 0 Å². The highest BCUT2D eigenvalue weighted by Crippen LogP contribution is 2.26. The smallest absolute Gasteiger partial charge is 0.225 e. The number of nitrogens with one attached hydrogen (secondary N) is 2. The van der Waals surface area contributed by atoms with E-state index in [4.69, 9.17) is 0 Å². The Labute approximate surface area is 117 Å². The molecule has 1 aromatic heterocycles. The molecule has 0 bridgehead atoms. The van der Waals surface area contributed by atoms with Gasteiger partial charge in [-0.25, -0.2) is 0 Å². The maximum atomic E-state index is 12.1. The van der Waals surface area contributed by atoms with Crippen molar-refractivity contribution in [3.05, 3.63) is 48.7 Å². The SMILES string of the molecule is O=C(C[C@@H]1C=CCC1)Nc1cn[nH]c1-c1ccccc1. The maximum absolute atomic E-state index is 12.1. The van der Waals surface area contributed by atoms with E-state index in [2.05, 4.69) is 27.7 Å². The van der Waals surface area contributed by atoms with Gasteiger partial charge in [-0.3, -0.25) is 9.89 Å². The first-order valence-corrected chi connectivity index (χ1v) is 6.88. The number of aromatic nitrogens is 2. The van der Waals surface area contributed by atoms with Crippen molar-refractivity contribution in [2.45, 2.75) is 19.3 Å². The molecule has 20 heavy (non-hydrogen) atoms. The normalized spacial score (nSPS) is 17.3. The zero-order chi connectivity index (χ0) is 13.8. The minimum atomic E-state index is 0.0418. The van der Waals surface area contributed by atoms with E-state index in [0.29, 0.717) is 12.3 Å². The average Bonchev–Trinajstić information content (AvgIpc) is 3.11. The van der Waals surface area contributed by atoms with Crippen LogP contribution in [0.15, 0.2) is 48.7 Å². The van der Waals surface area contributed by atoms with Crippen LogP contribution in [-0.2, 0) is 4.79 Å². The zero-order valence-electron chi connectivity index (χ0n) is 11.2. The van der Waals surface area contributed by atoms with Crippen LogP contribution < -0.4 is 5.32 Å². The lowest BCUT2D eigenvalue weighted by molar-refractivity contribution is -0.116. The highest BCUT2D eigenvalue weighted by atomic mass is 16.1. The summed E-state index contributed by atoms with van der Waals surface area (Å²) in [4.78, 5) is 12.1. The van der Waals surface area contributed by atoms with Crippen molar-refractivity contribution >= 4 is 11.6 Å². The molecule has 0 radical (unpaired) electrons. The van der Waals surface area contributed by atoms with Crippen molar-refractivity contribution in [3.8, 4) is 11.3 Å². The van der Waals surface area contributed by atoms with Gasteiger partial charge in [0.05, 0.1) is 17.6 Å². The number of carbonyl (C=O) groups excluding carboxylic acids is 1. The zero-order valence-corrected chi connectivity index (χ0v) is 11.2. The van der Waals surface area contributed by atoms with Crippen molar-refractivity contribution in [2.75, 3.05) is 5.32 Å². The molecule has 0 saturated carbocycles. The van der Waals surface area contributed by atoms with Crippen LogP contribution in [0.1, 0.15) is 19.3 Å². The van der Waals surface area contributed by atoms with Gasteiger partial charge in [0.25, 0.3) is 0 Å². The number of nitrogens with zero attached hydrogens (tertiary/aromatic N) is 1. The summed E-state index contributed by atoms with van der Waals surface area (Å²) in [6, 6.07) is 9.87. The molecule has 0 fully saturated rings. The molecule has 102 valence electrons. The molecule has 3 rings (SSSR count). The number of carbonyl (C=O) groups is 1. The minimum Gasteiger partial charge on any atom is -0.323 e. The molecule has 1 amide bonds. The Morgan fingerprint density at radius 1 is 1.35 bits per heavy atom. The number of aromatic amines is 1. The standard InChI is InChI=1S/C16H17N3O/c20-15(10-12-6-4-5-7-12)18-14-11-17-19-16(14)13-8-2-1-3-9-13/h1-4,6,8-9,11-12H,5,7,10H2,(H,17,19)(H,18,20)/t12-/m1/s1. The lowest BCUT2D eigenvalue weighted by Crippen LogP contribution is -2.14. The Morgan fingerprint density at radius 2 is 2.20 bits per heavy atom. The average molecular weight is 267 g/mol. The molecule has 4 nitrogen and oxygen atoms in total. The van der Waals surface area contributed by atoms with Crippen LogP contribution in [0.3, 0.4) is 0 Å². The van der Waals surface area contributed by atoms with Crippen LogP contribution in [0.4, 0.5) is 5.69 Å². The largest absolute Gasteiger partial charge is 0.323 e. The van der Waals surface area contributed by atoms with E-state index in [-0.39, 0.29) is 5.91 Å². The summed E-state index contributed by atoms with van der Waals surface area (Å²) in [5.41, 5.74) is 2.60. The Balaban J connectivity index is 1.70. The molecule has 0 aliphatic heterocycles. The fourth-order valence-electron chi connectivity index (χ4n) is 2.51. The number of allylic oxidation sites excluding steroid dienone is 2. The van der Waals surface area contributed by atoms with Gasteiger partial charge in [0.1, 0.15) is 0 Å². The lowest BCUT2D eigenvalue weighted by atomic mass is 10.0. The Morgan fingerprint density at radius 3 is 2.95 bits per heavy atom. The summed E-state index contributed by atoms with van der Waals surface area (Å²) in [6.07, 6.45) is 8.63. The highest BCUT2D eigenvalue weighted by molar-refractivity contribution is 5.94. The number of amides is 1. The van der Waals surface area contributed by atoms with E-state index >= 15 is 0 Å². The van der Waals surface area contributed by atoms with Crippen molar-refractivity contribution in [3.63, 3.8) is 0 Å². The van der Waals surface area contributed by atoms with Gasteiger partial charge in [-0.1, -0.05) is 42.5 Å². The number of hydrogen-bond donors (Lipinski definition) is 2. The first kappa shape index (κ1) is 12.7. The van der Waals surface area contributed by atoms with Gasteiger partial charge in [0, 0.05) is 12.0 Å². The summed E-state index contributed by atoms with van der Waals surface area (Å²) in [6.45, 7) is 0. The maximum Gasteiger partial charge on any atom is 0.225 e. The number of H-pyrrole nitrogens is 1. The predicted molar refractivity (Wildman–Crippen MR) is 79.1 cm³/mol. The summed E-state index contributed by atoms with van der Waals surface area (Å²) < 4.78 is 0. The highest BCUT2D eigenvalue weighted by Gasteiger charge is 2.16. The molecule has 1 aliphatic carbocycles. The molecule has 2 aromatic rings. The first-order chi connectivity index (χ1) is 9.83. The molecule has 1 aliphatic rings. The third kappa shape index (κ3) is 2.79. The first-order valence-electron chi connectivity index (χ1n) is 6.88. The second-order valence-electron chi connectivity index (χ2n) is 5.04. The Hall–Kier alpha value is -2.36. The topological polar surface area (TPSA) is 57.8 Å². The predicted octanol–water partition coefficient (Wildman–Crippen LogP) is 3.37. The fourth-order valence-corrected chi connectivity index (χ4v) is 2.51. The lowest BCUT2D eigenvalue weighted by Gasteiger charge is -2.09. The number of anilines is 1. The van der Waals surface area contributed by atoms with Gasteiger partial charge in [-0.05, 0) is 18.8 Å². The van der Waals surface area contributed by atoms with E-state index in [9.17, 15) is 4.79 Å². The van der Waals surface area contributed by atoms with Crippen LogP contribution in [0.25, 0.3) is 11.3 Å². The fraction of sp³-hybridized carbons (Fsp3) is 0.250. The summed E-state index contributed by atoms with van der Waals surface area (Å²) in [5.74, 6) is 0.419. The second kappa shape index (κ2) is 5.74. The van der Waals surface area contributed by atoms with Gasteiger partial charge in [-0.15, -0.1) is 0 Å². The summed E-state index contributed by atoms with van der Waals surface area (Å²) in [5, 5.41) is 9.92. The second-order valence-corrected chi connectivity index (χ2v) is 5.04. The number of rotatable bonds is 4. The van der Waals surface area contributed by atoms with Crippen molar-refractivity contribution in [1.29, 1.82) is 0 Å². The van der Waals surface area contributed by atoms with Crippen LogP contribution in [0.5, 0.6) is 0 Å². The van der Waals surface area contributed by atoms with Crippen molar-refractivity contribution in [2.24, 2.45) is 5.92 Å². The van der Waals surface area contributed by atoms with Crippen LogP contribution >= 0.6 is 0 Å². The molecule has 0 spiro atoms. The van der Waals surface area contributed by atoms with Crippen molar-refractivity contribution in [1.82, 2.24) is 10.2 Å². The quantitative estimate of drug-likeness (QED) is 0.834. The van der Waals surface area contributed by atoms with Gasteiger partial charge in [-0.2, -0.15) is 5.10 Å². The molecule has 1 atom stereocenters. The monoisotopic (exact) mass is 267 g/mol. The van der Waals surface area contributed by atoms with E-state index in [1.54, 1.807) is 6.20 Å². The molecular formula is C16H17N3O. The van der Waals surface area contributed by atoms with Gasteiger partial charge in [0.15, 0.2) is 0 Å². The molecule has 0 saturated heterocycles. The third-order valence-electron chi connectivity index (χ3n) is 3.54.